The SMILES string of the molecule is COC(=O)CC[C@@H](N)C(F)(F)F. The molecule has 0 saturated carbocycles. The number of carbonyl (C=O) groups is 1. The van der Waals surface area contributed by atoms with Gasteiger partial charge >= 0.3 is 12.1 Å². The second kappa shape index (κ2) is 4.30. The predicted molar refractivity (Wildman–Crippen MR) is 35.3 cm³/mol. The van der Waals surface area contributed by atoms with E-state index in [1.807, 2.05) is 0 Å². The highest BCUT2D eigenvalue weighted by molar-refractivity contribution is 5.69. The Kier molecular flexibility index (Phi) is 4.02. The zero-order valence-corrected chi connectivity index (χ0v) is 6.52. The quantitative estimate of drug-likeness (QED) is 0.662. The third-order valence-corrected chi connectivity index (χ3v) is 1.31. The first-order chi connectivity index (χ1) is 5.38. The first-order valence-electron chi connectivity index (χ1n) is 3.27. The lowest BCUT2D eigenvalue weighted by atomic mass is 10.1. The molecule has 0 aromatic heterocycles. The molecule has 1 atom stereocenters. The molecule has 0 aromatic rings. The van der Waals surface area contributed by atoms with Crippen molar-refractivity contribution in [2.45, 2.75) is 25.1 Å². The minimum Gasteiger partial charge on any atom is -0.469 e. The summed E-state index contributed by atoms with van der Waals surface area (Å²) in [5, 5.41) is 0. The normalized spacial score (nSPS) is 14.1. The van der Waals surface area contributed by atoms with E-state index in [0.717, 1.165) is 7.11 Å². The highest BCUT2D eigenvalue weighted by Crippen LogP contribution is 2.21. The molecule has 2 N–H and O–H groups in total. The zero-order chi connectivity index (χ0) is 9.78. The Bertz CT molecular complexity index is 157. The molecule has 0 spiro atoms. The second-order valence-electron chi connectivity index (χ2n) is 2.26. The molecule has 0 heterocycles. The van der Waals surface area contributed by atoms with E-state index in [-0.39, 0.29) is 6.42 Å². The van der Waals surface area contributed by atoms with E-state index in [1.54, 1.807) is 0 Å². The van der Waals surface area contributed by atoms with Crippen LogP contribution in [-0.2, 0) is 9.53 Å². The van der Waals surface area contributed by atoms with Crippen LogP contribution in [0, 0.1) is 0 Å². The van der Waals surface area contributed by atoms with Crippen LogP contribution in [0.25, 0.3) is 0 Å². The van der Waals surface area contributed by atoms with E-state index in [9.17, 15) is 18.0 Å². The lowest BCUT2D eigenvalue weighted by molar-refractivity contribution is -0.153. The van der Waals surface area contributed by atoms with Crippen molar-refractivity contribution in [1.29, 1.82) is 0 Å². The number of rotatable bonds is 3. The van der Waals surface area contributed by atoms with E-state index in [1.165, 1.54) is 0 Å². The summed E-state index contributed by atoms with van der Waals surface area (Å²) in [6.45, 7) is 0. The molecule has 0 aliphatic heterocycles. The van der Waals surface area contributed by atoms with Gasteiger partial charge in [0, 0.05) is 6.42 Å². The molecular formula is C6H10F3NO2. The van der Waals surface area contributed by atoms with E-state index < -0.39 is 24.6 Å². The molecule has 0 bridgehead atoms. The van der Waals surface area contributed by atoms with Gasteiger partial charge in [-0.15, -0.1) is 0 Å². The number of ether oxygens (including phenoxy) is 1. The van der Waals surface area contributed by atoms with Gasteiger partial charge in [-0.2, -0.15) is 13.2 Å². The molecule has 0 saturated heterocycles. The Morgan fingerprint density at radius 3 is 2.42 bits per heavy atom. The van der Waals surface area contributed by atoms with E-state index in [4.69, 9.17) is 5.73 Å². The number of hydrogen-bond donors (Lipinski definition) is 1. The lowest BCUT2D eigenvalue weighted by Gasteiger charge is -2.13. The number of hydrogen-bond acceptors (Lipinski definition) is 3. The van der Waals surface area contributed by atoms with Crippen LogP contribution < -0.4 is 5.73 Å². The fraction of sp³-hybridized carbons (Fsp3) is 0.833. The number of methoxy groups -OCH3 is 1. The summed E-state index contributed by atoms with van der Waals surface area (Å²) in [6, 6.07) is -1.95. The van der Waals surface area contributed by atoms with Crippen molar-refractivity contribution in [2.24, 2.45) is 5.73 Å². The monoisotopic (exact) mass is 185 g/mol. The first-order valence-corrected chi connectivity index (χ1v) is 3.27. The summed E-state index contributed by atoms with van der Waals surface area (Å²) in [5.74, 6) is -0.685. The maximum absolute atomic E-state index is 11.7. The van der Waals surface area contributed by atoms with Gasteiger partial charge in [-0.05, 0) is 6.42 Å². The van der Waals surface area contributed by atoms with Crippen molar-refractivity contribution in [2.75, 3.05) is 7.11 Å². The molecule has 0 aromatic carbocycles. The van der Waals surface area contributed by atoms with Gasteiger partial charge in [-0.25, -0.2) is 0 Å². The highest BCUT2D eigenvalue weighted by Gasteiger charge is 2.36. The van der Waals surface area contributed by atoms with Gasteiger partial charge in [0.05, 0.1) is 7.11 Å². The number of esters is 1. The van der Waals surface area contributed by atoms with Crippen molar-refractivity contribution in [3.8, 4) is 0 Å². The van der Waals surface area contributed by atoms with Gasteiger partial charge in [0.1, 0.15) is 6.04 Å². The van der Waals surface area contributed by atoms with Crippen LogP contribution in [-0.4, -0.2) is 25.3 Å². The lowest BCUT2D eigenvalue weighted by Crippen LogP contribution is -2.37. The van der Waals surface area contributed by atoms with E-state index in [2.05, 4.69) is 4.74 Å². The standard InChI is InChI=1S/C6H10F3NO2/c1-12-5(11)3-2-4(10)6(7,8)9/h4H,2-3,10H2,1H3/t4-/m1/s1. The summed E-state index contributed by atoms with van der Waals surface area (Å²) in [4.78, 5) is 10.4. The maximum Gasteiger partial charge on any atom is 0.403 e. The summed E-state index contributed by atoms with van der Waals surface area (Å²) < 4.78 is 39.3. The smallest absolute Gasteiger partial charge is 0.403 e. The Labute approximate surface area is 67.7 Å². The molecule has 3 nitrogen and oxygen atoms in total. The van der Waals surface area contributed by atoms with Crippen LogP contribution in [0.2, 0.25) is 0 Å². The largest absolute Gasteiger partial charge is 0.469 e. The van der Waals surface area contributed by atoms with Gasteiger partial charge in [-0.1, -0.05) is 0 Å². The molecule has 0 radical (unpaired) electrons. The average molecular weight is 185 g/mol. The fourth-order valence-corrected chi connectivity index (χ4v) is 0.539. The summed E-state index contributed by atoms with van der Waals surface area (Å²) in [5.41, 5.74) is 4.72. The third-order valence-electron chi connectivity index (χ3n) is 1.31. The topological polar surface area (TPSA) is 52.3 Å². The van der Waals surface area contributed by atoms with Crippen molar-refractivity contribution in [3.05, 3.63) is 0 Å². The number of halogens is 3. The van der Waals surface area contributed by atoms with Crippen LogP contribution in [0.4, 0.5) is 13.2 Å². The van der Waals surface area contributed by atoms with Crippen LogP contribution in [0.5, 0.6) is 0 Å². The summed E-state index contributed by atoms with van der Waals surface area (Å²) >= 11 is 0. The minimum atomic E-state index is -4.44. The molecule has 0 fully saturated rings. The van der Waals surface area contributed by atoms with Crippen molar-refractivity contribution in [3.63, 3.8) is 0 Å². The second-order valence-corrected chi connectivity index (χ2v) is 2.26. The average Bonchev–Trinajstić information content (AvgIpc) is 1.97. The highest BCUT2D eigenvalue weighted by atomic mass is 19.4. The Morgan fingerprint density at radius 1 is 1.58 bits per heavy atom. The van der Waals surface area contributed by atoms with Gasteiger partial charge in [0.25, 0.3) is 0 Å². The number of alkyl halides is 3. The predicted octanol–water partition coefficient (Wildman–Crippen LogP) is 0.829. The van der Waals surface area contributed by atoms with Gasteiger partial charge in [-0.3, -0.25) is 4.79 Å². The van der Waals surface area contributed by atoms with Gasteiger partial charge < -0.3 is 10.5 Å². The molecule has 12 heavy (non-hydrogen) atoms. The maximum atomic E-state index is 11.7. The molecule has 6 heteroatoms. The van der Waals surface area contributed by atoms with E-state index >= 15 is 0 Å². The van der Waals surface area contributed by atoms with Crippen LogP contribution >= 0.6 is 0 Å². The number of nitrogens with two attached hydrogens (primary N) is 1. The van der Waals surface area contributed by atoms with Gasteiger partial charge in [0.2, 0.25) is 0 Å². The minimum absolute atomic E-state index is 0.308. The molecule has 72 valence electrons. The van der Waals surface area contributed by atoms with E-state index in [0.29, 0.717) is 0 Å². The molecule has 0 rings (SSSR count). The molecular weight excluding hydrogens is 175 g/mol. The van der Waals surface area contributed by atoms with Gasteiger partial charge in [0.15, 0.2) is 0 Å². The third kappa shape index (κ3) is 4.17. The van der Waals surface area contributed by atoms with Crippen molar-refractivity contribution >= 4 is 5.97 Å². The van der Waals surface area contributed by atoms with Crippen LogP contribution in [0.3, 0.4) is 0 Å². The fourth-order valence-electron chi connectivity index (χ4n) is 0.539. The first kappa shape index (κ1) is 11.2. The van der Waals surface area contributed by atoms with Crippen LogP contribution in [0.1, 0.15) is 12.8 Å². The Balaban J connectivity index is 3.72. The number of carbonyl (C=O) groups excluding carboxylic acids is 1. The molecule has 0 amide bonds. The molecule has 0 aliphatic carbocycles. The summed E-state index contributed by atoms with van der Waals surface area (Å²) in [7, 11) is 1.11. The molecule has 0 aliphatic rings. The van der Waals surface area contributed by atoms with Crippen molar-refractivity contribution in [1.82, 2.24) is 0 Å². The summed E-state index contributed by atoms with van der Waals surface area (Å²) in [6.07, 6.45) is -5.18. The van der Waals surface area contributed by atoms with Crippen LogP contribution in [0.15, 0.2) is 0 Å². The zero-order valence-electron chi connectivity index (χ0n) is 6.52. The molecule has 0 unspecified atom stereocenters. The Hall–Kier alpha value is -0.780. The van der Waals surface area contributed by atoms with Crippen molar-refractivity contribution < 1.29 is 22.7 Å². The Morgan fingerprint density at radius 2 is 2.08 bits per heavy atom.